The van der Waals surface area contributed by atoms with Gasteiger partial charge in [0.2, 0.25) is 0 Å². The van der Waals surface area contributed by atoms with Crippen LogP contribution in [0.5, 0.6) is 0 Å². The maximum absolute atomic E-state index is 13.0. The fourth-order valence-electron chi connectivity index (χ4n) is 4.33. The summed E-state index contributed by atoms with van der Waals surface area (Å²) >= 11 is 0. The van der Waals surface area contributed by atoms with Crippen LogP contribution in [0.1, 0.15) is 47.2 Å². The van der Waals surface area contributed by atoms with Crippen molar-refractivity contribution in [2.24, 2.45) is 0 Å². The molecule has 1 N–H and O–H groups in total. The summed E-state index contributed by atoms with van der Waals surface area (Å²) < 4.78 is 0. The van der Waals surface area contributed by atoms with Gasteiger partial charge in [-0.25, -0.2) is 4.98 Å². The topological polar surface area (TPSA) is 48.5 Å². The second-order valence-electron chi connectivity index (χ2n) is 8.05. The van der Waals surface area contributed by atoms with Gasteiger partial charge in [0.15, 0.2) is 0 Å². The predicted octanol–water partition coefficient (Wildman–Crippen LogP) is 4.02. The summed E-state index contributed by atoms with van der Waals surface area (Å²) in [5.74, 6) is 0.934. The minimum Gasteiger partial charge on any atom is -0.368 e. The number of carbonyl (C=O) groups is 1. The van der Waals surface area contributed by atoms with Gasteiger partial charge in [0.1, 0.15) is 5.82 Å². The van der Waals surface area contributed by atoms with Crippen LogP contribution in [-0.2, 0) is 0 Å². The molecule has 5 heteroatoms. The van der Waals surface area contributed by atoms with E-state index in [4.69, 9.17) is 0 Å². The van der Waals surface area contributed by atoms with E-state index in [0.29, 0.717) is 6.04 Å². The first-order chi connectivity index (χ1) is 13.6. The van der Waals surface area contributed by atoms with Crippen LogP contribution >= 0.6 is 0 Å². The first kappa shape index (κ1) is 18.8. The molecule has 0 radical (unpaired) electrons. The Morgan fingerprint density at radius 1 is 1.07 bits per heavy atom. The van der Waals surface area contributed by atoms with E-state index in [1.54, 1.807) is 6.20 Å². The van der Waals surface area contributed by atoms with Crippen LogP contribution < -0.4 is 10.2 Å². The van der Waals surface area contributed by atoms with Crippen LogP contribution in [0.2, 0.25) is 0 Å². The highest BCUT2D eigenvalue weighted by Crippen LogP contribution is 2.25. The van der Waals surface area contributed by atoms with Gasteiger partial charge in [0.25, 0.3) is 5.91 Å². The lowest BCUT2D eigenvalue weighted by Gasteiger charge is -2.37. The Morgan fingerprint density at radius 3 is 2.57 bits per heavy atom. The first-order valence-corrected chi connectivity index (χ1v) is 10.4. The number of nitrogens with one attached hydrogen (secondary N) is 1. The van der Waals surface area contributed by atoms with E-state index in [0.717, 1.165) is 37.6 Å². The first-order valence-electron chi connectivity index (χ1n) is 10.4. The van der Waals surface area contributed by atoms with E-state index in [1.807, 2.05) is 17.0 Å². The van der Waals surface area contributed by atoms with Crippen LogP contribution in [0.3, 0.4) is 0 Å². The van der Waals surface area contributed by atoms with E-state index < -0.39 is 0 Å². The number of benzene rings is 1. The molecule has 1 saturated heterocycles. The van der Waals surface area contributed by atoms with Gasteiger partial charge in [0, 0.05) is 49.7 Å². The average molecular weight is 379 g/mol. The van der Waals surface area contributed by atoms with Crippen LogP contribution in [-0.4, -0.2) is 48.0 Å². The number of carbonyl (C=O) groups excluding carboxylic acids is 1. The molecular formula is C23H30N4O. The highest BCUT2D eigenvalue weighted by molar-refractivity contribution is 5.95. The van der Waals surface area contributed by atoms with Crippen molar-refractivity contribution in [3.63, 3.8) is 0 Å². The van der Waals surface area contributed by atoms with Gasteiger partial charge in [-0.05, 0) is 56.0 Å². The lowest BCUT2D eigenvalue weighted by atomic mass is 10.1. The fourth-order valence-corrected chi connectivity index (χ4v) is 4.33. The number of aryl methyl sites for hydroxylation is 1. The Labute approximate surface area is 167 Å². The Kier molecular flexibility index (Phi) is 5.51. The monoisotopic (exact) mass is 378 g/mol. The van der Waals surface area contributed by atoms with E-state index in [9.17, 15) is 4.79 Å². The number of aromatic nitrogens is 1. The van der Waals surface area contributed by atoms with Crippen molar-refractivity contribution in [2.75, 3.05) is 36.4 Å². The van der Waals surface area contributed by atoms with Gasteiger partial charge in [0.05, 0.1) is 0 Å². The van der Waals surface area contributed by atoms with Crippen molar-refractivity contribution < 1.29 is 4.79 Å². The Bertz CT molecular complexity index is 836. The number of anilines is 2. The number of rotatable bonds is 4. The van der Waals surface area contributed by atoms with Crippen molar-refractivity contribution in [3.05, 3.63) is 53.2 Å². The molecule has 2 fully saturated rings. The maximum atomic E-state index is 13.0. The highest BCUT2D eigenvalue weighted by Gasteiger charge is 2.24. The standard InChI is InChI=1S/C23H30N4O/c1-17-6-5-9-21(18(17)2)26-12-14-27(15-13-26)23(28)19-10-11-24-22(16-19)25-20-7-3-4-8-20/h5-6,9-11,16,20H,3-4,7-8,12-15H2,1-2H3,(H,24,25). The summed E-state index contributed by atoms with van der Waals surface area (Å²) in [4.78, 5) is 21.8. The quantitative estimate of drug-likeness (QED) is 0.873. The molecule has 1 saturated carbocycles. The fraction of sp³-hybridized carbons (Fsp3) is 0.478. The van der Waals surface area contributed by atoms with Gasteiger partial charge in [-0.1, -0.05) is 25.0 Å². The maximum Gasteiger partial charge on any atom is 0.254 e. The lowest BCUT2D eigenvalue weighted by molar-refractivity contribution is 0.0746. The lowest BCUT2D eigenvalue weighted by Crippen LogP contribution is -2.49. The summed E-state index contributed by atoms with van der Waals surface area (Å²) in [7, 11) is 0. The molecule has 1 aromatic carbocycles. The van der Waals surface area contributed by atoms with Crippen molar-refractivity contribution in [3.8, 4) is 0 Å². The molecular weight excluding hydrogens is 348 g/mol. The second kappa shape index (κ2) is 8.21. The molecule has 28 heavy (non-hydrogen) atoms. The number of nitrogens with zero attached hydrogens (tertiary/aromatic N) is 3. The zero-order chi connectivity index (χ0) is 19.5. The summed E-state index contributed by atoms with van der Waals surface area (Å²) in [5, 5.41) is 3.49. The third-order valence-corrected chi connectivity index (χ3v) is 6.20. The predicted molar refractivity (Wildman–Crippen MR) is 114 cm³/mol. The largest absolute Gasteiger partial charge is 0.368 e. The molecule has 148 valence electrons. The SMILES string of the molecule is Cc1cccc(N2CCN(C(=O)c3ccnc(NC4CCCC4)c3)CC2)c1C. The van der Waals surface area contributed by atoms with Crippen LogP contribution in [0, 0.1) is 13.8 Å². The van der Waals surface area contributed by atoms with Crippen molar-refractivity contribution in [2.45, 2.75) is 45.6 Å². The summed E-state index contributed by atoms with van der Waals surface area (Å²) in [6.07, 6.45) is 6.69. The molecule has 2 heterocycles. The number of amides is 1. The Hall–Kier alpha value is -2.56. The molecule has 1 aliphatic carbocycles. The average Bonchev–Trinajstić information content (AvgIpc) is 3.23. The van der Waals surface area contributed by atoms with Gasteiger partial charge in [-0.2, -0.15) is 0 Å². The number of pyridine rings is 1. The van der Waals surface area contributed by atoms with Gasteiger partial charge in [-0.3, -0.25) is 4.79 Å². The third kappa shape index (κ3) is 3.98. The summed E-state index contributed by atoms with van der Waals surface area (Å²) in [5.41, 5.74) is 4.67. The van der Waals surface area contributed by atoms with Gasteiger partial charge >= 0.3 is 0 Å². The van der Waals surface area contributed by atoms with Gasteiger partial charge < -0.3 is 15.1 Å². The molecule has 4 rings (SSSR count). The van der Waals surface area contributed by atoms with Crippen molar-refractivity contribution in [1.82, 2.24) is 9.88 Å². The normalized spacial score (nSPS) is 17.8. The molecule has 5 nitrogen and oxygen atoms in total. The summed E-state index contributed by atoms with van der Waals surface area (Å²) in [6.45, 7) is 7.57. The zero-order valence-corrected chi connectivity index (χ0v) is 16.9. The van der Waals surface area contributed by atoms with Gasteiger partial charge in [-0.15, -0.1) is 0 Å². The smallest absolute Gasteiger partial charge is 0.254 e. The third-order valence-electron chi connectivity index (χ3n) is 6.20. The Morgan fingerprint density at radius 2 is 1.82 bits per heavy atom. The highest BCUT2D eigenvalue weighted by atomic mass is 16.2. The van der Waals surface area contributed by atoms with Crippen molar-refractivity contribution >= 4 is 17.4 Å². The van der Waals surface area contributed by atoms with E-state index >= 15 is 0 Å². The van der Waals surface area contributed by atoms with Crippen LogP contribution in [0.15, 0.2) is 36.5 Å². The molecule has 0 bridgehead atoms. The zero-order valence-electron chi connectivity index (χ0n) is 16.9. The molecule has 0 unspecified atom stereocenters. The van der Waals surface area contributed by atoms with Crippen molar-refractivity contribution in [1.29, 1.82) is 0 Å². The van der Waals surface area contributed by atoms with Crippen LogP contribution in [0.25, 0.3) is 0 Å². The second-order valence-corrected chi connectivity index (χ2v) is 8.05. The van der Waals surface area contributed by atoms with E-state index in [1.165, 1.54) is 42.5 Å². The molecule has 0 atom stereocenters. The molecule has 2 aromatic rings. The Balaban J connectivity index is 1.39. The number of piperazine rings is 1. The molecule has 1 aliphatic heterocycles. The minimum atomic E-state index is 0.109. The van der Waals surface area contributed by atoms with Crippen LogP contribution in [0.4, 0.5) is 11.5 Å². The number of hydrogen-bond acceptors (Lipinski definition) is 4. The minimum absolute atomic E-state index is 0.109. The van der Waals surface area contributed by atoms with E-state index in [-0.39, 0.29) is 5.91 Å². The molecule has 1 aromatic heterocycles. The molecule has 0 spiro atoms. The summed E-state index contributed by atoms with van der Waals surface area (Å²) in [6, 6.07) is 10.7. The van der Waals surface area contributed by atoms with E-state index in [2.05, 4.69) is 47.2 Å². The number of hydrogen-bond donors (Lipinski definition) is 1. The molecule has 1 amide bonds. The molecule has 2 aliphatic rings.